The molecule has 1 aromatic heterocycles. The number of carbonyl (C=O) groups excluding carboxylic acids is 1. The predicted molar refractivity (Wildman–Crippen MR) is 104 cm³/mol. The number of nitrogens with two attached hydrogens (primary N) is 1. The number of hydrogen-bond donors (Lipinski definition) is 1. The van der Waals surface area contributed by atoms with Gasteiger partial charge in [-0.1, -0.05) is 65.8 Å². The quantitative estimate of drug-likeness (QED) is 0.519. The minimum absolute atomic E-state index is 0.00819. The summed E-state index contributed by atoms with van der Waals surface area (Å²) < 4.78 is 1.38. The molecular formula is C18H18ClN5OS. The van der Waals surface area contributed by atoms with Crippen molar-refractivity contribution in [3.8, 4) is 11.4 Å². The van der Waals surface area contributed by atoms with Gasteiger partial charge in [-0.3, -0.25) is 4.79 Å². The fourth-order valence-electron chi connectivity index (χ4n) is 2.38. The predicted octanol–water partition coefficient (Wildman–Crippen LogP) is 3.06. The number of amides is 1. The Hall–Kier alpha value is -2.51. The molecule has 0 aliphatic rings. The Balaban J connectivity index is 1.62. The van der Waals surface area contributed by atoms with E-state index in [1.165, 1.54) is 16.4 Å². The maximum atomic E-state index is 12.3. The van der Waals surface area contributed by atoms with Crippen LogP contribution in [0.5, 0.6) is 0 Å². The maximum absolute atomic E-state index is 12.3. The lowest BCUT2D eigenvalue weighted by atomic mass is 10.2. The molecule has 0 bridgehead atoms. The van der Waals surface area contributed by atoms with Gasteiger partial charge >= 0.3 is 0 Å². The number of nitrogens with zero attached hydrogens (tertiary/aromatic N) is 4. The van der Waals surface area contributed by atoms with E-state index in [4.69, 9.17) is 17.4 Å². The SMILES string of the molecule is CN(Cc1ccccc1)C(=O)CSc1nnc(-c2cccc(Cl)c2)n1N. The zero-order valence-corrected chi connectivity index (χ0v) is 15.7. The molecule has 6 nitrogen and oxygen atoms in total. The van der Waals surface area contributed by atoms with E-state index in [2.05, 4.69) is 10.2 Å². The van der Waals surface area contributed by atoms with Crippen molar-refractivity contribution >= 4 is 29.3 Å². The molecule has 134 valence electrons. The number of carbonyl (C=O) groups is 1. The monoisotopic (exact) mass is 387 g/mol. The van der Waals surface area contributed by atoms with E-state index in [0.29, 0.717) is 22.5 Å². The summed E-state index contributed by atoms with van der Waals surface area (Å²) in [7, 11) is 1.78. The molecule has 0 saturated heterocycles. The summed E-state index contributed by atoms with van der Waals surface area (Å²) in [5.41, 5.74) is 1.85. The van der Waals surface area contributed by atoms with Crippen LogP contribution in [0.1, 0.15) is 5.56 Å². The van der Waals surface area contributed by atoms with Crippen molar-refractivity contribution < 1.29 is 4.79 Å². The van der Waals surface area contributed by atoms with Crippen LogP contribution in [0.3, 0.4) is 0 Å². The minimum Gasteiger partial charge on any atom is -0.341 e. The molecule has 8 heteroatoms. The minimum atomic E-state index is -0.00819. The number of benzene rings is 2. The van der Waals surface area contributed by atoms with Crippen LogP contribution in [0.15, 0.2) is 59.8 Å². The molecule has 0 unspecified atom stereocenters. The van der Waals surface area contributed by atoms with Crippen LogP contribution < -0.4 is 5.84 Å². The highest BCUT2D eigenvalue weighted by Gasteiger charge is 2.16. The van der Waals surface area contributed by atoms with Gasteiger partial charge in [-0.05, 0) is 17.7 Å². The highest BCUT2D eigenvalue weighted by Crippen LogP contribution is 2.24. The second kappa shape index (κ2) is 8.25. The van der Waals surface area contributed by atoms with Crippen molar-refractivity contribution in [1.29, 1.82) is 0 Å². The fraction of sp³-hybridized carbons (Fsp3) is 0.167. The summed E-state index contributed by atoms with van der Waals surface area (Å²) in [6.07, 6.45) is 0. The van der Waals surface area contributed by atoms with Gasteiger partial charge in [0.05, 0.1) is 5.75 Å². The van der Waals surface area contributed by atoms with Crippen LogP contribution in [0.4, 0.5) is 0 Å². The lowest BCUT2D eigenvalue weighted by molar-refractivity contribution is -0.127. The standard InChI is InChI=1S/C18H18ClN5OS/c1-23(11-13-6-3-2-4-7-13)16(25)12-26-18-22-21-17(24(18)20)14-8-5-9-15(19)10-14/h2-10H,11-12,20H2,1H3. The Labute approximate surface area is 160 Å². The molecule has 2 N–H and O–H groups in total. The first-order chi connectivity index (χ1) is 12.5. The van der Waals surface area contributed by atoms with Gasteiger partial charge in [-0.15, -0.1) is 10.2 Å². The van der Waals surface area contributed by atoms with Crippen molar-refractivity contribution in [2.45, 2.75) is 11.7 Å². The van der Waals surface area contributed by atoms with Gasteiger partial charge < -0.3 is 10.7 Å². The molecule has 26 heavy (non-hydrogen) atoms. The Morgan fingerprint density at radius 3 is 2.69 bits per heavy atom. The summed E-state index contributed by atoms with van der Waals surface area (Å²) in [6.45, 7) is 0.559. The molecule has 2 aromatic carbocycles. The third-order valence-corrected chi connectivity index (χ3v) is 4.92. The molecule has 3 aromatic rings. The average Bonchev–Trinajstić information content (AvgIpc) is 3.01. The van der Waals surface area contributed by atoms with E-state index in [1.54, 1.807) is 24.1 Å². The number of halogens is 1. The number of thioether (sulfide) groups is 1. The number of hydrogen-bond acceptors (Lipinski definition) is 5. The van der Waals surface area contributed by atoms with Crippen LogP contribution in [0.2, 0.25) is 5.02 Å². The Morgan fingerprint density at radius 2 is 1.96 bits per heavy atom. The first-order valence-electron chi connectivity index (χ1n) is 7.91. The van der Waals surface area contributed by atoms with Crippen LogP contribution in [0, 0.1) is 0 Å². The highest BCUT2D eigenvalue weighted by molar-refractivity contribution is 7.99. The van der Waals surface area contributed by atoms with Crippen molar-refractivity contribution in [2.24, 2.45) is 0 Å². The van der Waals surface area contributed by atoms with Crippen molar-refractivity contribution in [2.75, 3.05) is 18.6 Å². The average molecular weight is 388 g/mol. The topological polar surface area (TPSA) is 77.0 Å². The molecule has 0 aliphatic carbocycles. The maximum Gasteiger partial charge on any atom is 0.233 e. The van der Waals surface area contributed by atoms with Gasteiger partial charge in [-0.25, -0.2) is 4.68 Å². The van der Waals surface area contributed by atoms with E-state index in [0.717, 1.165) is 11.1 Å². The highest BCUT2D eigenvalue weighted by atomic mass is 35.5. The molecule has 0 spiro atoms. The molecule has 0 fully saturated rings. The van der Waals surface area contributed by atoms with Gasteiger partial charge in [0.15, 0.2) is 5.82 Å². The lowest BCUT2D eigenvalue weighted by Crippen LogP contribution is -2.28. The van der Waals surface area contributed by atoms with Gasteiger partial charge in [0.1, 0.15) is 0 Å². The summed E-state index contributed by atoms with van der Waals surface area (Å²) in [4.78, 5) is 14.0. The van der Waals surface area contributed by atoms with Gasteiger partial charge in [0.25, 0.3) is 0 Å². The van der Waals surface area contributed by atoms with E-state index in [9.17, 15) is 4.79 Å². The Bertz CT molecular complexity index is 900. The third-order valence-electron chi connectivity index (χ3n) is 3.76. The summed E-state index contributed by atoms with van der Waals surface area (Å²) in [5, 5.41) is 9.24. The van der Waals surface area contributed by atoms with Gasteiger partial charge in [-0.2, -0.15) is 0 Å². The number of aromatic nitrogens is 3. The number of nitrogen functional groups attached to an aromatic ring is 1. The van der Waals surface area contributed by atoms with Crippen LogP contribution >= 0.6 is 23.4 Å². The van der Waals surface area contributed by atoms with Crippen LogP contribution in [0.25, 0.3) is 11.4 Å². The molecule has 1 amide bonds. The van der Waals surface area contributed by atoms with Crippen molar-refractivity contribution in [3.05, 3.63) is 65.2 Å². The molecule has 0 saturated carbocycles. The molecule has 1 heterocycles. The molecule has 0 radical (unpaired) electrons. The normalized spacial score (nSPS) is 10.7. The lowest BCUT2D eigenvalue weighted by Gasteiger charge is -2.16. The van der Waals surface area contributed by atoms with Crippen molar-refractivity contribution in [3.63, 3.8) is 0 Å². The second-order valence-electron chi connectivity index (χ2n) is 5.71. The largest absolute Gasteiger partial charge is 0.341 e. The van der Waals surface area contributed by atoms with E-state index in [1.807, 2.05) is 42.5 Å². The van der Waals surface area contributed by atoms with E-state index >= 15 is 0 Å². The van der Waals surface area contributed by atoms with E-state index in [-0.39, 0.29) is 11.7 Å². The Kier molecular flexibility index (Phi) is 5.80. The fourth-order valence-corrected chi connectivity index (χ4v) is 3.37. The van der Waals surface area contributed by atoms with Crippen LogP contribution in [-0.4, -0.2) is 38.5 Å². The Morgan fingerprint density at radius 1 is 1.19 bits per heavy atom. The summed E-state index contributed by atoms with van der Waals surface area (Å²) >= 11 is 7.26. The summed E-state index contributed by atoms with van der Waals surface area (Å²) in [5.74, 6) is 6.80. The van der Waals surface area contributed by atoms with Crippen LogP contribution in [-0.2, 0) is 11.3 Å². The molecule has 0 aliphatic heterocycles. The number of rotatable bonds is 6. The van der Waals surface area contributed by atoms with Crippen molar-refractivity contribution in [1.82, 2.24) is 19.8 Å². The first-order valence-corrected chi connectivity index (χ1v) is 9.28. The molecule has 0 atom stereocenters. The summed E-state index contributed by atoms with van der Waals surface area (Å²) in [6, 6.07) is 17.1. The second-order valence-corrected chi connectivity index (χ2v) is 7.09. The van der Waals surface area contributed by atoms with E-state index < -0.39 is 0 Å². The van der Waals surface area contributed by atoms with Gasteiger partial charge in [0, 0.05) is 24.2 Å². The molecular weight excluding hydrogens is 370 g/mol. The first kappa shape index (κ1) is 18.3. The smallest absolute Gasteiger partial charge is 0.233 e. The van der Waals surface area contributed by atoms with Gasteiger partial charge in [0.2, 0.25) is 11.1 Å². The third kappa shape index (κ3) is 4.36. The molecule has 3 rings (SSSR count). The zero-order valence-electron chi connectivity index (χ0n) is 14.2. The zero-order chi connectivity index (χ0) is 18.5.